The summed E-state index contributed by atoms with van der Waals surface area (Å²) in [6.45, 7) is 2.81. The quantitative estimate of drug-likeness (QED) is 0.663. The molecule has 0 saturated heterocycles. The maximum Gasteiger partial charge on any atom is 0.124 e. The Balaban J connectivity index is 2.34. The van der Waals surface area contributed by atoms with Crippen molar-refractivity contribution in [3.63, 3.8) is 0 Å². The van der Waals surface area contributed by atoms with Gasteiger partial charge in [0, 0.05) is 23.6 Å². The molecular formula is C16H18BrN3. The molecule has 0 saturated carbocycles. The third-order valence-electron chi connectivity index (χ3n) is 3.22. The molecular weight excluding hydrogens is 314 g/mol. The Morgan fingerprint density at radius 2 is 1.95 bits per heavy atom. The molecule has 0 aromatic heterocycles. The van der Waals surface area contributed by atoms with Gasteiger partial charge in [0.25, 0.3) is 0 Å². The van der Waals surface area contributed by atoms with Crippen LogP contribution in [0.5, 0.6) is 0 Å². The number of nitrogens with one attached hydrogen (secondary N) is 1. The van der Waals surface area contributed by atoms with Gasteiger partial charge in [0.15, 0.2) is 0 Å². The Kier molecular flexibility index (Phi) is 4.45. The number of hydrogen-bond acceptors (Lipinski definition) is 2. The number of amidine groups is 1. The molecule has 0 aliphatic rings. The van der Waals surface area contributed by atoms with Crippen LogP contribution in [0.2, 0.25) is 0 Å². The molecule has 0 heterocycles. The average molecular weight is 332 g/mol. The summed E-state index contributed by atoms with van der Waals surface area (Å²) in [5, 5.41) is 7.72. The molecule has 2 rings (SSSR count). The topological polar surface area (TPSA) is 53.1 Å². The van der Waals surface area contributed by atoms with Crippen molar-refractivity contribution in [2.75, 3.05) is 11.9 Å². The molecule has 20 heavy (non-hydrogen) atoms. The summed E-state index contributed by atoms with van der Waals surface area (Å²) in [5.41, 5.74) is 9.81. The van der Waals surface area contributed by atoms with Gasteiger partial charge in [-0.2, -0.15) is 0 Å². The van der Waals surface area contributed by atoms with Gasteiger partial charge in [-0.25, -0.2) is 0 Å². The summed E-state index contributed by atoms with van der Waals surface area (Å²) >= 11 is 3.49. The number of rotatable bonds is 4. The van der Waals surface area contributed by atoms with E-state index >= 15 is 0 Å². The predicted octanol–water partition coefficient (Wildman–Crippen LogP) is 3.68. The molecule has 0 atom stereocenters. The number of aryl methyl sites for hydroxylation is 1. The SMILES string of the molecule is Cc1cccc(C(=N)N)c1N(C)Cc1cccc(Br)c1. The van der Waals surface area contributed by atoms with E-state index in [9.17, 15) is 0 Å². The molecule has 3 N–H and O–H groups in total. The van der Waals surface area contributed by atoms with Crippen molar-refractivity contribution in [2.45, 2.75) is 13.5 Å². The monoisotopic (exact) mass is 331 g/mol. The Morgan fingerprint density at radius 1 is 1.25 bits per heavy atom. The Bertz CT molecular complexity index is 637. The van der Waals surface area contributed by atoms with E-state index in [1.165, 1.54) is 5.56 Å². The second kappa shape index (κ2) is 6.09. The molecule has 0 spiro atoms. The minimum atomic E-state index is 0.102. The maximum absolute atomic E-state index is 7.72. The van der Waals surface area contributed by atoms with Crippen molar-refractivity contribution < 1.29 is 0 Å². The number of benzene rings is 2. The van der Waals surface area contributed by atoms with Crippen LogP contribution in [0.25, 0.3) is 0 Å². The lowest BCUT2D eigenvalue weighted by atomic mass is 10.1. The van der Waals surface area contributed by atoms with E-state index in [0.717, 1.165) is 27.8 Å². The number of halogens is 1. The fourth-order valence-corrected chi connectivity index (χ4v) is 2.82. The van der Waals surface area contributed by atoms with Crippen LogP contribution >= 0.6 is 15.9 Å². The largest absolute Gasteiger partial charge is 0.384 e. The van der Waals surface area contributed by atoms with Gasteiger partial charge in [0.1, 0.15) is 5.84 Å². The summed E-state index contributed by atoms with van der Waals surface area (Å²) in [7, 11) is 2.02. The van der Waals surface area contributed by atoms with Gasteiger partial charge in [-0.1, -0.05) is 40.2 Å². The Labute approximate surface area is 128 Å². The minimum Gasteiger partial charge on any atom is -0.384 e. The lowest BCUT2D eigenvalue weighted by molar-refractivity contribution is 0.914. The molecule has 0 aliphatic carbocycles. The van der Waals surface area contributed by atoms with Crippen molar-refractivity contribution in [1.29, 1.82) is 5.41 Å². The highest BCUT2D eigenvalue weighted by Crippen LogP contribution is 2.25. The number of hydrogen-bond donors (Lipinski definition) is 2. The van der Waals surface area contributed by atoms with E-state index in [4.69, 9.17) is 11.1 Å². The third-order valence-corrected chi connectivity index (χ3v) is 3.71. The van der Waals surface area contributed by atoms with Gasteiger partial charge in [-0.3, -0.25) is 5.41 Å². The molecule has 0 fully saturated rings. The number of para-hydroxylation sites is 1. The van der Waals surface area contributed by atoms with E-state index in [2.05, 4.69) is 33.0 Å². The van der Waals surface area contributed by atoms with Gasteiger partial charge in [0.2, 0.25) is 0 Å². The van der Waals surface area contributed by atoms with Crippen molar-refractivity contribution >= 4 is 27.5 Å². The average Bonchev–Trinajstić information content (AvgIpc) is 2.38. The van der Waals surface area contributed by atoms with Crippen molar-refractivity contribution in [3.05, 3.63) is 63.6 Å². The number of anilines is 1. The molecule has 3 nitrogen and oxygen atoms in total. The fraction of sp³-hybridized carbons (Fsp3) is 0.188. The summed E-state index contributed by atoms with van der Waals surface area (Å²) in [6.07, 6.45) is 0. The minimum absolute atomic E-state index is 0.102. The highest BCUT2D eigenvalue weighted by Gasteiger charge is 2.12. The molecule has 0 unspecified atom stereocenters. The molecule has 2 aromatic rings. The molecule has 0 bridgehead atoms. The van der Waals surface area contributed by atoms with Crippen LogP contribution in [0, 0.1) is 12.3 Å². The lowest BCUT2D eigenvalue weighted by Crippen LogP contribution is -2.23. The van der Waals surface area contributed by atoms with E-state index in [-0.39, 0.29) is 5.84 Å². The molecule has 4 heteroatoms. The highest BCUT2D eigenvalue weighted by atomic mass is 79.9. The van der Waals surface area contributed by atoms with E-state index in [1.54, 1.807) is 0 Å². The summed E-state index contributed by atoms with van der Waals surface area (Å²) in [5.74, 6) is 0.102. The van der Waals surface area contributed by atoms with E-state index in [0.29, 0.717) is 0 Å². The van der Waals surface area contributed by atoms with Crippen LogP contribution in [0.15, 0.2) is 46.9 Å². The van der Waals surface area contributed by atoms with Crippen molar-refractivity contribution in [3.8, 4) is 0 Å². The van der Waals surface area contributed by atoms with Crippen molar-refractivity contribution in [1.82, 2.24) is 0 Å². The highest BCUT2D eigenvalue weighted by molar-refractivity contribution is 9.10. The zero-order chi connectivity index (χ0) is 14.7. The predicted molar refractivity (Wildman–Crippen MR) is 88.4 cm³/mol. The molecule has 0 radical (unpaired) electrons. The first-order valence-electron chi connectivity index (χ1n) is 6.38. The lowest BCUT2D eigenvalue weighted by Gasteiger charge is -2.24. The summed E-state index contributed by atoms with van der Waals surface area (Å²) in [4.78, 5) is 2.13. The number of nitrogens with two attached hydrogens (primary N) is 1. The fourth-order valence-electron chi connectivity index (χ4n) is 2.37. The van der Waals surface area contributed by atoms with Gasteiger partial charge in [0.05, 0.1) is 5.69 Å². The van der Waals surface area contributed by atoms with Crippen molar-refractivity contribution in [2.24, 2.45) is 5.73 Å². The van der Waals surface area contributed by atoms with Gasteiger partial charge in [-0.05, 0) is 36.2 Å². The molecule has 0 aliphatic heterocycles. The first-order chi connectivity index (χ1) is 9.49. The zero-order valence-corrected chi connectivity index (χ0v) is 13.2. The second-order valence-corrected chi connectivity index (χ2v) is 5.79. The Hall–Kier alpha value is -1.81. The van der Waals surface area contributed by atoms with E-state index < -0.39 is 0 Å². The van der Waals surface area contributed by atoms with Crippen LogP contribution in [0.3, 0.4) is 0 Å². The standard InChI is InChI=1S/C16H18BrN3/c1-11-5-3-8-14(16(18)19)15(11)20(2)10-12-6-4-7-13(17)9-12/h3-9H,10H2,1-2H3,(H3,18,19). The smallest absolute Gasteiger partial charge is 0.124 e. The molecule has 2 aromatic carbocycles. The number of nitrogens with zero attached hydrogens (tertiary/aromatic N) is 1. The molecule has 104 valence electrons. The number of nitrogen functional groups attached to an aromatic ring is 1. The Morgan fingerprint density at radius 3 is 2.60 bits per heavy atom. The van der Waals surface area contributed by atoms with Crippen LogP contribution in [-0.4, -0.2) is 12.9 Å². The van der Waals surface area contributed by atoms with Crippen LogP contribution < -0.4 is 10.6 Å². The van der Waals surface area contributed by atoms with Crippen LogP contribution in [0.4, 0.5) is 5.69 Å². The summed E-state index contributed by atoms with van der Waals surface area (Å²) in [6, 6.07) is 14.1. The molecule has 0 amide bonds. The second-order valence-electron chi connectivity index (χ2n) is 4.87. The normalized spacial score (nSPS) is 10.3. The van der Waals surface area contributed by atoms with Gasteiger partial charge >= 0.3 is 0 Å². The maximum atomic E-state index is 7.72. The third kappa shape index (κ3) is 3.20. The first-order valence-corrected chi connectivity index (χ1v) is 7.18. The first kappa shape index (κ1) is 14.6. The van der Waals surface area contributed by atoms with E-state index in [1.807, 2.05) is 44.3 Å². The van der Waals surface area contributed by atoms with Crippen LogP contribution in [0.1, 0.15) is 16.7 Å². The van der Waals surface area contributed by atoms with Gasteiger partial charge < -0.3 is 10.6 Å². The zero-order valence-electron chi connectivity index (χ0n) is 11.7. The summed E-state index contributed by atoms with van der Waals surface area (Å²) < 4.78 is 1.07. The van der Waals surface area contributed by atoms with Crippen LogP contribution in [-0.2, 0) is 6.54 Å². The van der Waals surface area contributed by atoms with Gasteiger partial charge in [-0.15, -0.1) is 0 Å².